The first kappa shape index (κ1) is 10.4. The van der Waals surface area contributed by atoms with Gasteiger partial charge in [-0.15, -0.1) is 0 Å². The molecule has 4 heteroatoms. The lowest BCUT2D eigenvalue weighted by Crippen LogP contribution is -2.12. The Morgan fingerprint density at radius 1 is 1.33 bits per heavy atom. The Labute approximate surface area is 95.0 Å². The van der Waals surface area contributed by atoms with Crippen molar-refractivity contribution in [1.29, 1.82) is 0 Å². The molecular formula is C11H9BrFNO. The predicted octanol–water partition coefficient (Wildman–Crippen LogP) is 3.23. The highest BCUT2D eigenvalue weighted by molar-refractivity contribution is 9.10. The van der Waals surface area contributed by atoms with Crippen LogP contribution in [0.4, 0.5) is 4.39 Å². The summed E-state index contributed by atoms with van der Waals surface area (Å²) < 4.78 is 19.2. The van der Waals surface area contributed by atoms with E-state index in [1.807, 2.05) is 0 Å². The van der Waals surface area contributed by atoms with E-state index >= 15 is 0 Å². The average Bonchev–Trinajstić information content (AvgIpc) is 2.74. The van der Waals surface area contributed by atoms with E-state index in [1.165, 1.54) is 18.6 Å². The van der Waals surface area contributed by atoms with Crippen LogP contribution in [0.2, 0.25) is 0 Å². The number of furan rings is 1. The van der Waals surface area contributed by atoms with E-state index in [0.29, 0.717) is 5.56 Å². The molecule has 0 amide bonds. The summed E-state index contributed by atoms with van der Waals surface area (Å²) in [5.41, 5.74) is 7.12. The molecule has 1 heterocycles. The molecule has 1 atom stereocenters. The van der Waals surface area contributed by atoms with Gasteiger partial charge in [0.25, 0.3) is 0 Å². The smallest absolute Gasteiger partial charge is 0.128 e. The number of hydrogen-bond acceptors (Lipinski definition) is 2. The molecule has 0 aliphatic rings. The highest BCUT2D eigenvalue weighted by atomic mass is 79.9. The number of nitrogens with two attached hydrogens (primary N) is 1. The first-order chi connectivity index (χ1) is 7.18. The van der Waals surface area contributed by atoms with Crippen molar-refractivity contribution in [2.45, 2.75) is 6.04 Å². The Morgan fingerprint density at radius 2 is 2.13 bits per heavy atom. The van der Waals surface area contributed by atoms with Crippen molar-refractivity contribution in [2.24, 2.45) is 5.73 Å². The molecule has 0 radical (unpaired) electrons. The van der Waals surface area contributed by atoms with Gasteiger partial charge in [-0.05, 0) is 24.3 Å². The summed E-state index contributed by atoms with van der Waals surface area (Å²) in [6.07, 6.45) is 3.04. The van der Waals surface area contributed by atoms with E-state index in [1.54, 1.807) is 18.2 Å². The van der Waals surface area contributed by atoms with Gasteiger partial charge in [-0.1, -0.05) is 15.9 Å². The molecule has 2 N–H and O–H groups in total. The Kier molecular flexibility index (Phi) is 2.88. The summed E-state index contributed by atoms with van der Waals surface area (Å²) in [4.78, 5) is 0. The zero-order chi connectivity index (χ0) is 10.8. The fourth-order valence-electron chi connectivity index (χ4n) is 1.38. The van der Waals surface area contributed by atoms with Gasteiger partial charge in [0.15, 0.2) is 0 Å². The fourth-order valence-corrected chi connectivity index (χ4v) is 1.76. The molecule has 0 spiro atoms. The molecule has 0 aliphatic heterocycles. The largest absolute Gasteiger partial charge is 0.472 e. The van der Waals surface area contributed by atoms with Gasteiger partial charge in [0, 0.05) is 15.6 Å². The maximum atomic E-state index is 13.5. The van der Waals surface area contributed by atoms with Crippen molar-refractivity contribution < 1.29 is 8.81 Å². The lowest BCUT2D eigenvalue weighted by Gasteiger charge is -2.11. The van der Waals surface area contributed by atoms with E-state index in [2.05, 4.69) is 15.9 Å². The molecule has 2 aromatic rings. The molecule has 1 unspecified atom stereocenters. The van der Waals surface area contributed by atoms with Crippen LogP contribution in [0.25, 0.3) is 0 Å². The van der Waals surface area contributed by atoms with Crippen molar-refractivity contribution in [3.8, 4) is 0 Å². The van der Waals surface area contributed by atoms with Gasteiger partial charge in [-0.2, -0.15) is 0 Å². The van der Waals surface area contributed by atoms with Gasteiger partial charge in [-0.25, -0.2) is 4.39 Å². The second-order valence-electron chi connectivity index (χ2n) is 3.20. The number of rotatable bonds is 2. The second-order valence-corrected chi connectivity index (χ2v) is 4.12. The van der Waals surface area contributed by atoms with Crippen LogP contribution < -0.4 is 5.73 Å². The van der Waals surface area contributed by atoms with E-state index in [9.17, 15) is 4.39 Å². The van der Waals surface area contributed by atoms with Crippen molar-refractivity contribution in [3.63, 3.8) is 0 Å². The molecule has 0 saturated heterocycles. The van der Waals surface area contributed by atoms with Crippen molar-refractivity contribution in [1.82, 2.24) is 0 Å². The van der Waals surface area contributed by atoms with Gasteiger partial charge in [0.05, 0.1) is 18.6 Å². The third kappa shape index (κ3) is 2.11. The zero-order valence-electron chi connectivity index (χ0n) is 7.78. The summed E-state index contributed by atoms with van der Waals surface area (Å²) >= 11 is 3.28. The van der Waals surface area contributed by atoms with Crippen LogP contribution in [0.15, 0.2) is 45.7 Å². The summed E-state index contributed by atoms with van der Waals surface area (Å²) in [7, 11) is 0. The van der Waals surface area contributed by atoms with Crippen LogP contribution in [0.3, 0.4) is 0 Å². The van der Waals surface area contributed by atoms with Crippen molar-refractivity contribution >= 4 is 15.9 Å². The molecule has 2 nitrogen and oxygen atoms in total. The molecule has 0 aliphatic carbocycles. The van der Waals surface area contributed by atoms with E-state index in [4.69, 9.17) is 10.2 Å². The maximum absolute atomic E-state index is 13.5. The molecule has 0 bridgehead atoms. The highest BCUT2D eigenvalue weighted by Crippen LogP contribution is 2.25. The first-order valence-corrected chi connectivity index (χ1v) is 5.20. The van der Waals surface area contributed by atoms with Gasteiger partial charge in [0.2, 0.25) is 0 Å². The minimum Gasteiger partial charge on any atom is -0.472 e. The second kappa shape index (κ2) is 4.16. The average molecular weight is 270 g/mol. The van der Waals surface area contributed by atoms with Crippen molar-refractivity contribution in [3.05, 3.63) is 58.2 Å². The maximum Gasteiger partial charge on any atom is 0.128 e. The van der Waals surface area contributed by atoms with E-state index in [-0.39, 0.29) is 5.82 Å². The molecule has 2 rings (SSSR count). The molecule has 0 saturated carbocycles. The monoisotopic (exact) mass is 269 g/mol. The van der Waals surface area contributed by atoms with Crippen LogP contribution >= 0.6 is 15.9 Å². The molecule has 1 aromatic heterocycles. The molecule has 15 heavy (non-hydrogen) atoms. The minimum absolute atomic E-state index is 0.313. The quantitative estimate of drug-likeness (QED) is 0.909. The summed E-state index contributed by atoms with van der Waals surface area (Å²) in [6, 6.07) is 5.93. The Bertz CT molecular complexity index is 456. The molecule has 1 aromatic carbocycles. The number of halogens is 2. The van der Waals surface area contributed by atoms with Gasteiger partial charge in [-0.3, -0.25) is 0 Å². The molecule has 78 valence electrons. The summed E-state index contributed by atoms with van der Waals surface area (Å²) in [6.45, 7) is 0. The van der Waals surface area contributed by atoms with Crippen LogP contribution in [0.1, 0.15) is 17.2 Å². The summed E-state index contributed by atoms with van der Waals surface area (Å²) in [5.74, 6) is -0.313. The Morgan fingerprint density at radius 3 is 2.80 bits per heavy atom. The van der Waals surface area contributed by atoms with Crippen molar-refractivity contribution in [2.75, 3.05) is 0 Å². The SMILES string of the molecule is NC(c1ccoc1)c1cc(Br)ccc1F. The van der Waals surface area contributed by atoms with Crippen LogP contribution in [0, 0.1) is 5.82 Å². The minimum atomic E-state index is -0.499. The topological polar surface area (TPSA) is 39.2 Å². The third-order valence-corrected chi connectivity index (χ3v) is 2.69. The van der Waals surface area contributed by atoms with Gasteiger partial charge in [0.1, 0.15) is 5.82 Å². The lowest BCUT2D eigenvalue weighted by atomic mass is 10.0. The number of hydrogen-bond donors (Lipinski definition) is 1. The van der Waals surface area contributed by atoms with Crippen LogP contribution in [-0.2, 0) is 0 Å². The molecule has 0 fully saturated rings. The van der Waals surface area contributed by atoms with E-state index in [0.717, 1.165) is 10.0 Å². The standard InChI is InChI=1S/C11H9BrFNO/c12-8-1-2-10(13)9(5-8)11(14)7-3-4-15-6-7/h1-6,11H,14H2. The number of benzene rings is 1. The fraction of sp³-hybridized carbons (Fsp3) is 0.0909. The van der Waals surface area contributed by atoms with E-state index < -0.39 is 6.04 Å². The normalized spacial score (nSPS) is 12.7. The predicted molar refractivity (Wildman–Crippen MR) is 58.8 cm³/mol. The van der Waals surface area contributed by atoms with Gasteiger partial charge < -0.3 is 10.2 Å². The van der Waals surface area contributed by atoms with Gasteiger partial charge >= 0.3 is 0 Å². The Hall–Kier alpha value is -1.13. The highest BCUT2D eigenvalue weighted by Gasteiger charge is 2.14. The van der Waals surface area contributed by atoms with Crippen LogP contribution in [0.5, 0.6) is 0 Å². The summed E-state index contributed by atoms with van der Waals surface area (Å²) in [5, 5.41) is 0. The first-order valence-electron chi connectivity index (χ1n) is 4.41. The van der Waals surface area contributed by atoms with Crippen LogP contribution in [-0.4, -0.2) is 0 Å². The Balaban J connectivity index is 2.41. The third-order valence-electron chi connectivity index (χ3n) is 2.20. The molecular weight excluding hydrogens is 261 g/mol. The lowest BCUT2D eigenvalue weighted by molar-refractivity contribution is 0.559. The zero-order valence-corrected chi connectivity index (χ0v) is 9.37.